The Hall–Kier alpha value is -1.09. The van der Waals surface area contributed by atoms with Crippen LogP contribution < -0.4 is 10.2 Å². The SMILES string of the molecule is CNCC1CCN(c2cnccc2C)C1. The number of hydrogen-bond acceptors (Lipinski definition) is 3. The van der Waals surface area contributed by atoms with Crippen LogP contribution in [0.15, 0.2) is 18.5 Å². The molecule has 82 valence electrons. The highest BCUT2D eigenvalue weighted by Crippen LogP contribution is 2.25. The fraction of sp³-hybridized carbons (Fsp3) is 0.583. The molecule has 3 heteroatoms. The Morgan fingerprint density at radius 2 is 2.47 bits per heavy atom. The van der Waals surface area contributed by atoms with Gasteiger partial charge in [-0.25, -0.2) is 0 Å². The molecule has 3 nitrogen and oxygen atoms in total. The van der Waals surface area contributed by atoms with Crippen LogP contribution in [0.1, 0.15) is 12.0 Å². The van der Waals surface area contributed by atoms with Crippen molar-refractivity contribution in [2.45, 2.75) is 13.3 Å². The molecule has 1 aliphatic heterocycles. The van der Waals surface area contributed by atoms with Gasteiger partial charge in [0.25, 0.3) is 0 Å². The summed E-state index contributed by atoms with van der Waals surface area (Å²) in [5, 5.41) is 3.25. The average molecular weight is 205 g/mol. The second kappa shape index (κ2) is 4.62. The molecule has 0 aliphatic carbocycles. The first kappa shape index (κ1) is 10.4. The van der Waals surface area contributed by atoms with Crippen LogP contribution in [0.3, 0.4) is 0 Å². The van der Waals surface area contributed by atoms with Crippen molar-refractivity contribution < 1.29 is 0 Å². The van der Waals surface area contributed by atoms with Crippen molar-refractivity contribution in [3.05, 3.63) is 24.0 Å². The lowest BCUT2D eigenvalue weighted by molar-refractivity contribution is 0.549. The Bertz CT molecular complexity index is 324. The van der Waals surface area contributed by atoms with E-state index in [2.05, 4.69) is 28.2 Å². The number of hydrogen-bond donors (Lipinski definition) is 1. The number of rotatable bonds is 3. The van der Waals surface area contributed by atoms with Crippen molar-refractivity contribution in [1.82, 2.24) is 10.3 Å². The molecule has 1 N–H and O–H groups in total. The molecule has 0 saturated carbocycles. The lowest BCUT2D eigenvalue weighted by Crippen LogP contribution is -2.24. The van der Waals surface area contributed by atoms with E-state index in [0.717, 1.165) is 19.0 Å². The number of pyridine rings is 1. The Kier molecular flexibility index (Phi) is 3.21. The zero-order valence-electron chi connectivity index (χ0n) is 9.53. The number of nitrogens with zero attached hydrogens (tertiary/aromatic N) is 2. The van der Waals surface area contributed by atoms with Crippen molar-refractivity contribution in [3.8, 4) is 0 Å². The Labute approximate surface area is 91.5 Å². The van der Waals surface area contributed by atoms with Crippen LogP contribution in [-0.2, 0) is 0 Å². The lowest BCUT2D eigenvalue weighted by Gasteiger charge is -2.20. The fourth-order valence-electron chi connectivity index (χ4n) is 2.29. The number of aromatic nitrogens is 1. The molecule has 1 aliphatic rings. The molecule has 1 aromatic rings. The van der Waals surface area contributed by atoms with Crippen LogP contribution >= 0.6 is 0 Å². The van der Waals surface area contributed by atoms with Gasteiger partial charge in [0.1, 0.15) is 0 Å². The number of aryl methyl sites for hydroxylation is 1. The Balaban J connectivity index is 2.04. The molecule has 0 bridgehead atoms. The van der Waals surface area contributed by atoms with Gasteiger partial charge in [-0.1, -0.05) is 0 Å². The third-order valence-corrected chi connectivity index (χ3v) is 3.13. The third-order valence-electron chi connectivity index (χ3n) is 3.13. The molecule has 2 rings (SSSR count). The topological polar surface area (TPSA) is 28.2 Å². The van der Waals surface area contributed by atoms with Crippen molar-refractivity contribution >= 4 is 5.69 Å². The quantitative estimate of drug-likeness (QED) is 0.809. The van der Waals surface area contributed by atoms with Crippen LogP contribution in [0.4, 0.5) is 5.69 Å². The summed E-state index contributed by atoms with van der Waals surface area (Å²) in [6, 6.07) is 2.08. The van der Waals surface area contributed by atoms with Crippen molar-refractivity contribution in [2.24, 2.45) is 5.92 Å². The van der Waals surface area contributed by atoms with Crippen LogP contribution in [0.5, 0.6) is 0 Å². The van der Waals surface area contributed by atoms with Gasteiger partial charge in [-0.05, 0) is 44.5 Å². The summed E-state index contributed by atoms with van der Waals surface area (Å²) in [7, 11) is 2.03. The van der Waals surface area contributed by atoms with Crippen LogP contribution in [-0.4, -0.2) is 31.7 Å². The normalized spacial score (nSPS) is 20.9. The van der Waals surface area contributed by atoms with E-state index in [9.17, 15) is 0 Å². The summed E-state index contributed by atoms with van der Waals surface area (Å²) in [5.41, 5.74) is 2.63. The maximum atomic E-state index is 4.20. The van der Waals surface area contributed by atoms with E-state index in [1.807, 2.05) is 19.4 Å². The van der Waals surface area contributed by atoms with E-state index in [1.54, 1.807) is 0 Å². The maximum absolute atomic E-state index is 4.20. The van der Waals surface area contributed by atoms with E-state index in [-0.39, 0.29) is 0 Å². The van der Waals surface area contributed by atoms with Gasteiger partial charge in [0, 0.05) is 19.3 Å². The van der Waals surface area contributed by atoms with E-state index in [1.165, 1.54) is 24.2 Å². The van der Waals surface area contributed by atoms with Crippen molar-refractivity contribution in [2.75, 3.05) is 31.6 Å². The molecule has 2 heterocycles. The predicted molar refractivity (Wildman–Crippen MR) is 63.2 cm³/mol. The minimum absolute atomic E-state index is 0.787. The first-order valence-corrected chi connectivity index (χ1v) is 5.61. The smallest absolute Gasteiger partial charge is 0.0582 e. The van der Waals surface area contributed by atoms with Crippen molar-refractivity contribution in [1.29, 1.82) is 0 Å². The first-order valence-electron chi connectivity index (χ1n) is 5.61. The summed E-state index contributed by atoms with van der Waals surface area (Å²) < 4.78 is 0. The summed E-state index contributed by atoms with van der Waals surface area (Å²) in [5.74, 6) is 0.787. The monoisotopic (exact) mass is 205 g/mol. The molecule has 1 atom stereocenters. The Morgan fingerprint density at radius 1 is 1.60 bits per heavy atom. The third kappa shape index (κ3) is 2.29. The standard InChI is InChI=1S/C12H19N3/c1-10-3-5-14-8-12(10)15-6-4-11(9-15)7-13-2/h3,5,8,11,13H,4,6-7,9H2,1-2H3. The molecular formula is C12H19N3. The predicted octanol–water partition coefficient (Wildman–Crippen LogP) is 1.44. The van der Waals surface area contributed by atoms with Gasteiger partial charge < -0.3 is 10.2 Å². The van der Waals surface area contributed by atoms with Gasteiger partial charge in [-0.2, -0.15) is 0 Å². The van der Waals surface area contributed by atoms with Crippen LogP contribution in [0.2, 0.25) is 0 Å². The molecule has 1 aromatic heterocycles. The molecule has 1 saturated heterocycles. The highest BCUT2D eigenvalue weighted by atomic mass is 15.2. The summed E-state index contributed by atoms with van der Waals surface area (Å²) in [4.78, 5) is 6.65. The van der Waals surface area contributed by atoms with Crippen LogP contribution in [0, 0.1) is 12.8 Å². The molecular weight excluding hydrogens is 186 g/mol. The minimum Gasteiger partial charge on any atom is -0.370 e. The van der Waals surface area contributed by atoms with E-state index in [0.29, 0.717) is 0 Å². The first-order chi connectivity index (χ1) is 7.31. The second-order valence-corrected chi connectivity index (χ2v) is 4.32. The van der Waals surface area contributed by atoms with Gasteiger partial charge in [0.2, 0.25) is 0 Å². The molecule has 0 amide bonds. The minimum atomic E-state index is 0.787. The molecule has 15 heavy (non-hydrogen) atoms. The van der Waals surface area contributed by atoms with Gasteiger partial charge in [0.05, 0.1) is 11.9 Å². The Morgan fingerprint density at radius 3 is 3.20 bits per heavy atom. The maximum Gasteiger partial charge on any atom is 0.0582 e. The average Bonchev–Trinajstić information content (AvgIpc) is 2.68. The summed E-state index contributed by atoms with van der Waals surface area (Å²) in [6.07, 6.45) is 5.13. The van der Waals surface area contributed by atoms with E-state index < -0.39 is 0 Å². The zero-order chi connectivity index (χ0) is 10.7. The van der Waals surface area contributed by atoms with Crippen molar-refractivity contribution in [3.63, 3.8) is 0 Å². The number of anilines is 1. The lowest BCUT2D eigenvalue weighted by atomic mass is 10.1. The fourth-order valence-corrected chi connectivity index (χ4v) is 2.29. The van der Waals surface area contributed by atoms with Crippen LogP contribution in [0.25, 0.3) is 0 Å². The van der Waals surface area contributed by atoms with Gasteiger partial charge in [-0.3, -0.25) is 4.98 Å². The molecule has 1 fully saturated rings. The van der Waals surface area contributed by atoms with E-state index in [4.69, 9.17) is 0 Å². The highest BCUT2D eigenvalue weighted by molar-refractivity contribution is 5.51. The van der Waals surface area contributed by atoms with Gasteiger partial charge in [-0.15, -0.1) is 0 Å². The van der Waals surface area contributed by atoms with Gasteiger partial charge >= 0.3 is 0 Å². The highest BCUT2D eigenvalue weighted by Gasteiger charge is 2.22. The van der Waals surface area contributed by atoms with E-state index >= 15 is 0 Å². The molecule has 0 aromatic carbocycles. The second-order valence-electron chi connectivity index (χ2n) is 4.32. The van der Waals surface area contributed by atoms with Gasteiger partial charge in [0.15, 0.2) is 0 Å². The summed E-state index contributed by atoms with van der Waals surface area (Å²) in [6.45, 7) is 5.60. The number of nitrogens with one attached hydrogen (secondary N) is 1. The molecule has 0 radical (unpaired) electrons. The summed E-state index contributed by atoms with van der Waals surface area (Å²) >= 11 is 0. The largest absolute Gasteiger partial charge is 0.370 e. The molecule has 0 spiro atoms. The zero-order valence-corrected chi connectivity index (χ0v) is 9.53. The molecule has 1 unspecified atom stereocenters.